The number of nitrogens with one attached hydrogen (secondary N) is 4. The average molecular weight is 413 g/mol. The van der Waals surface area contributed by atoms with E-state index in [0.717, 1.165) is 46.5 Å². The zero-order valence-corrected chi connectivity index (χ0v) is 17.1. The summed E-state index contributed by atoms with van der Waals surface area (Å²) in [6.07, 6.45) is 6.48. The van der Waals surface area contributed by atoms with Crippen molar-refractivity contribution in [3.05, 3.63) is 72.2 Å². The smallest absolute Gasteiger partial charge is 0.224 e. The van der Waals surface area contributed by atoms with E-state index in [1.54, 1.807) is 13.3 Å². The van der Waals surface area contributed by atoms with Crippen LogP contribution in [0, 0.1) is 0 Å². The molecule has 0 aliphatic rings. The van der Waals surface area contributed by atoms with Crippen molar-refractivity contribution in [3.8, 4) is 5.75 Å². The molecule has 0 amide bonds. The highest BCUT2D eigenvalue weighted by molar-refractivity contribution is 5.84. The average Bonchev–Trinajstić information content (AvgIpc) is 3.44. The Bertz CT molecular complexity index is 1320. The number of aromatic nitrogens is 5. The molecular formula is C23H23N7O. The first-order chi connectivity index (χ1) is 15.3. The normalized spacial score (nSPS) is 11.1. The molecular weight excluding hydrogens is 390 g/mol. The summed E-state index contributed by atoms with van der Waals surface area (Å²) in [6.45, 7) is 1.40. The van der Waals surface area contributed by atoms with Crippen LogP contribution in [-0.2, 0) is 13.0 Å². The lowest BCUT2D eigenvalue weighted by Gasteiger charge is -2.09. The number of aromatic amines is 2. The first-order valence-electron chi connectivity index (χ1n) is 10.2. The second-order valence-corrected chi connectivity index (χ2v) is 7.31. The van der Waals surface area contributed by atoms with Crippen LogP contribution in [0.5, 0.6) is 5.75 Å². The fourth-order valence-electron chi connectivity index (χ4n) is 3.64. The van der Waals surface area contributed by atoms with Crippen molar-refractivity contribution >= 4 is 33.6 Å². The number of methoxy groups -OCH3 is 1. The number of rotatable bonds is 8. The maximum absolute atomic E-state index is 5.34. The van der Waals surface area contributed by atoms with Crippen molar-refractivity contribution < 1.29 is 4.74 Å². The van der Waals surface area contributed by atoms with Gasteiger partial charge in [-0.15, -0.1) is 0 Å². The van der Waals surface area contributed by atoms with Crippen LogP contribution in [0.1, 0.15) is 11.1 Å². The van der Waals surface area contributed by atoms with Gasteiger partial charge in [-0.3, -0.25) is 5.10 Å². The van der Waals surface area contributed by atoms with Crippen LogP contribution >= 0.6 is 0 Å². The van der Waals surface area contributed by atoms with Gasteiger partial charge in [-0.2, -0.15) is 10.1 Å². The Balaban J connectivity index is 1.19. The van der Waals surface area contributed by atoms with Crippen LogP contribution < -0.4 is 15.4 Å². The maximum atomic E-state index is 5.34. The van der Waals surface area contributed by atoms with Crippen molar-refractivity contribution in [2.75, 3.05) is 24.3 Å². The standard InChI is InChI=1S/C23H23N7O/c1-31-18-3-5-21-19(11-18)16(13-26-21)6-8-24-23-25-9-7-22(29-23)27-12-15-2-4-20-17(10-15)14-28-30-20/h2-5,7,9-11,13-14,26H,6,8,12H2,1H3,(H,28,30)(H2,24,25,27,29). The molecule has 5 aromatic rings. The second kappa shape index (κ2) is 8.35. The van der Waals surface area contributed by atoms with Gasteiger partial charge in [0.1, 0.15) is 11.6 Å². The summed E-state index contributed by atoms with van der Waals surface area (Å²) in [4.78, 5) is 12.2. The van der Waals surface area contributed by atoms with E-state index in [-0.39, 0.29) is 0 Å². The summed E-state index contributed by atoms with van der Waals surface area (Å²) in [7, 11) is 1.68. The Kier molecular flexibility index (Phi) is 5.10. The summed E-state index contributed by atoms with van der Waals surface area (Å²) in [5.41, 5.74) is 4.53. The topological polar surface area (TPSA) is 104 Å². The number of nitrogens with zero attached hydrogens (tertiary/aromatic N) is 3. The van der Waals surface area contributed by atoms with Gasteiger partial charge in [0.05, 0.1) is 18.8 Å². The van der Waals surface area contributed by atoms with Crippen LogP contribution in [0.15, 0.2) is 61.1 Å². The fraction of sp³-hybridized carbons (Fsp3) is 0.174. The van der Waals surface area contributed by atoms with E-state index in [1.165, 1.54) is 10.9 Å². The highest BCUT2D eigenvalue weighted by Crippen LogP contribution is 2.24. The largest absolute Gasteiger partial charge is 0.497 e. The van der Waals surface area contributed by atoms with Crippen LogP contribution in [0.25, 0.3) is 21.8 Å². The van der Waals surface area contributed by atoms with E-state index in [2.05, 4.69) is 54.0 Å². The number of hydrogen-bond acceptors (Lipinski definition) is 6. The number of ether oxygens (including phenoxy) is 1. The molecule has 4 N–H and O–H groups in total. The molecule has 0 radical (unpaired) electrons. The summed E-state index contributed by atoms with van der Waals surface area (Å²) >= 11 is 0. The predicted octanol–water partition coefficient (Wildman–Crippen LogP) is 4.11. The third kappa shape index (κ3) is 4.13. The Hall–Kier alpha value is -4.07. The molecule has 0 spiro atoms. The molecule has 0 aliphatic carbocycles. The van der Waals surface area contributed by atoms with Crippen LogP contribution in [-0.4, -0.2) is 38.8 Å². The van der Waals surface area contributed by atoms with Gasteiger partial charge in [0, 0.05) is 41.8 Å². The summed E-state index contributed by atoms with van der Waals surface area (Å²) in [5.74, 6) is 2.24. The Morgan fingerprint density at radius 3 is 2.90 bits per heavy atom. The van der Waals surface area contributed by atoms with E-state index in [0.29, 0.717) is 12.5 Å². The zero-order valence-electron chi connectivity index (χ0n) is 17.1. The highest BCUT2D eigenvalue weighted by atomic mass is 16.5. The van der Waals surface area contributed by atoms with E-state index in [1.807, 2.05) is 36.7 Å². The number of hydrogen-bond donors (Lipinski definition) is 4. The number of H-pyrrole nitrogens is 2. The quantitative estimate of drug-likeness (QED) is 0.305. The second-order valence-electron chi connectivity index (χ2n) is 7.31. The molecule has 0 atom stereocenters. The number of fused-ring (bicyclic) bond motifs is 2. The molecule has 156 valence electrons. The molecule has 3 heterocycles. The summed E-state index contributed by atoms with van der Waals surface area (Å²) < 4.78 is 5.34. The maximum Gasteiger partial charge on any atom is 0.224 e. The first-order valence-corrected chi connectivity index (χ1v) is 10.2. The summed E-state index contributed by atoms with van der Waals surface area (Å²) in [5, 5.41) is 16.0. The molecule has 0 fully saturated rings. The van der Waals surface area contributed by atoms with E-state index in [4.69, 9.17) is 4.74 Å². The molecule has 31 heavy (non-hydrogen) atoms. The molecule has 0 saturated heterocycles. The predicted molar refractivity (Wildman–Crippen MR) is 122 cm³/mol. The molecule has 0 aliphatic heterocycles. The van der Waals surface area contributed by atoms with Gasteiger partial charge < -0.3 is 20.4 Å². The van der Waals surface area contributed by atoms with Crippen molar-refractivity contribution in [1.29, 1.82) is 0 Å². The molecule has 0 bridgehead atoms. The van der Waals surface area contributed by atoms with E-state index >= 15 is 0 Å². The van der Waals surface area contributed by atoms with Crippen molar-refractivity contribution in [2.24, 2.45) is 0 Å². The van der Waals surface area contributed by atoms with Gasteiger partial charge in [-0.25, -0.2) is 4.98 Å². The van der Waals surface area contributed by atoms with Crippen LogP contribution in [0.3, 0.4) is 0 Å². The molecule has 0 unspecified atom stereocenters. The van der Waals surface area contributed by atoms with Crippen LogP contribution in [0.4, 0.5) is 11.8 Å². The third-order valence-electron chi connectivity index (χ3n) is 5.29. The van der Waals surface area contributed by atoms with E-state index < -0.39 is 0 Å². The minimum atomic E-state index is 0.604. The first kappa shape index (κ1) is 18.9. The summed E-state index contributed by atoms with van der Waals surface area (Å²) in [6, 6.07) is 14.1. The molecule has 0 saturated carbocycles. The molecule has 3 aromatic heterocycles. The Morgan fingerprint density at radius 2 is 1.97 bits per heavy atom. The Morgan fingerprint density at radius 1 is 1.03 bits per heavy atom. The lowest BCUT2D eigenvalue weighted by Crippen LogP contribution is -2.09. The van der Waals surface area contributed by atoms with Gasteiger partial charge >= 0.3 is 0 Å². The number of anilines is 2. The molecule has 8 nitrogen and oxygen atoms in total. The van der Waals surface area contributed by atoms with Gasteiger partial charge in [-0.05, 0) is 53.9 Å². The van der Waals surface area contributed by atoms with Gasteiger partial charge in [0.2, 0.25) is 5.95 Å². The van der Waals surface area contributed by atoms with Crippen molar-refractivity contribution in [3.63, 3.8) is 0 Å². The van der Waals surface area contributed by atoms with Crippen molar-refractivity contribution in [2.45, 2.75) is 13.0 Å². The lowest BCUT2D eigenvalue weighted by molar-refractivity contribution is 0.415. The van der Waals surface area contributed by atoms with Crippen molar-refractivity contribution in [1.82, 2.24) is 25.1 Å². The molecule has 2 aromatic carbocycles. The lowest BCUT2D eigenvalue weighted by atomic mass is 10.1. The van der Waals surface area contributed by atoms with Gasteiger partial charge in [0.15, 0.2) is 0 Å². The van der Waals surface area contributed by atoms with E-state index in [9.17, 15) is 0 Å². The number of benzene rings is 2. The zero-order chi connectivity index (χ0) is 21.0. The third-order valence-corrected chi connectivity index (χ3v) is 5.29. The van der Waals surface area contributed by atoms with Crippen LogP contribution in [0.2, 0.25) is 0 Å². The fourth-order valence-corrected chi connectivity index (χ4v) is 3.64. The highest BCUT2D eigenvalue weighted by Gasteiger charge is 2.06. The van der Waals surface area contributed by atoms with Gasteiger partial charge in [-0.1, -0.05) is 6.07 Å². The SMILES string of the molecule is COc1ccc2[nH]cc(CCNc3nccc(NCc4ccc5[nH]ncc5c4)n3)c2c1. The molecule has 5 rings (SSSR count). The monoisotopic (exact) mass is 413 g/mol. The van der Waals surface area contributed by atoms with Gasteiger partial charge in [0.25, 0.3) is 0 Å². The molecule has 8 heteroatoms. The minimum Gasteiger partial charge on any atom is -0.497 e. The Labute approximate surface area is 179 Å². The minimum absolute atomic E-state index is 0.604.